The molecule has 3 amide bonds. The first-order chi connectivity index (χ1) is 19.0. The Morgan fingerprint density at radius 3 is 2.62 bits per heavy atom. The Labute approximate surface area is 224 Å². The van der Waals surface area contributed by atoms with Gasteiger partial charge in [-0.25, -0.2) is 14.5 Å². The topological polar surface area (TPSA) is 132 Å². The maximum atomic E-state index is 14.1. The number of benzene rings is 1. The summed E-state index contributed by atoms with van der Waals surface area (Å²) in [5, 5.41) is 12.4. The molecule has 1 aromatic carbocycles. The molecule has 0 saturated carbocycles. The van der Waals surface area contributed by atoms with Crippen molar-refractivity contribution in [2.24, 2.45) is 7.05 Å². The standard InChI is InChI=1S/C24H23F4N7O5/c1-34-20(30-12-14-4-5-29-19(10-14)33-22(37)35-6-8-38-9-7-35)16(13-31-34)21(36)32-15-2-3-18-17(11-15)23(25,26)40-24(27,28)39-18/h2-5,10-11,13,30H,6-9,12H2,1H3,(H,32,36)(H,29,33,37). The third kappa shape index (κ3) is 5.91. The number of urea groups is 1. The predicted molar refractivity (Wildman–Crippen MR) is 131 cm³/mol. The fourth-order valence-corrected chi connectivity index (χ4v) is 4.08. The lowest BCUT2D eigenvalue weighted by Gasteiger charge is -2.30. The van der Waals surface area contributed by atoms with Crippen molar-refractivity contribution in [3.63, 3.8) is 0 Å². The van der Waals surface area contributed by atoms with E-state index in [-0.39, 0.29) is 23.8 Å². The van der Waals surface area contributed by atoms with Crippen LogP contribution in [0.15, 0.2) is 42.7 Å². The number of aryl methyl sites for hydroxylation is 1. The molecule has 0 atom stereocenters. The van der Waals surface area contributed by atoms with Gasteiger partial charge in [-0.3, -0.25) is 14.8 Å². The maximum absolute atomic E-state index is 14.1. The van der Waals surface area contributed by atoms with E-state index >= 15 is 0 Å². The zero-order chi connectivity index (χ0) is 28.5. The first-order valence-corrected chi connectivity index (χ1v) is 12.0. The Kier molecular flexibility index (Phi) is 7.20. The van der Waals surface area contributed by atoms with Crippen LogP contribution in [0.2, 0.25) is 0 Å². The van der Waals surface area contributed by atoms with Gasteiger partial charge in [-0.1, -0.05) is 0 Å². The van der Waals surface area contributed by atoms with Gasteiger partial charge in [-0.2, -0.15) is 13.9 Å². The molecular weight excluding hydrogens is 542 g/mol. The molecule has 5 rings (SSSR count). The third-order valence-electron chi connectivity index (χ3n) is 6.03. The van der Waals surface area contributed by atoms with Crippen LogP contribution in [-0.4, -0.2) is 64.2 Å². The maximum Gasteiger partial charge on any atom is 0.540 e. The van der Waals surface area contributed by atoms with Gasteiger partial charge >= 0.3 is 18.4 Å². The van der Waals surface area contributed by atoms with Gasteiger partial charge in [0.05, 0.1) is 25.0 Å². The monoisotopic (exact) mass is 565 g/mol. The summed E-state index contributed by atoms with van der Waals surface area (Å²) in [5.74, 6) is -0.826. The van der Waals surface area contributed by atoms with Gasteiger partial charge in [-0.05, 0) is 35.9 Å². The zero-order valence-corrected chi connectivity index (χ0v) is 20.9. The van der Waals surface area contributed by atoms with Crippen molar-refractivity contribution < 1.29 is 41.4 Å². The molecule has 40 heavy (non-hydrogen) atoms. The number of hydrogen-bond donors (Lipinski definition) is 3. The van der Waals surface area contributed by atoms with Gasteiger partial charge < -0.3 is 25.0 Å². The van der Waals surface area contributed by atoms with Gasteiger partial charge in [0, 0.05) is 38.6 Å². The number of pyridine rings is 1. The smallest absolute Gasteiger partial charge is 0.409 e. The van der Waals surface area contributed by atoms with Crippen LogP contribution < -0.4 is 20.7 Å². The van der Waals surface area contributed by atoms with E-state index in [1.807, 2.05) is 0 Å². The number of fused-ring (bicyclic) bond motifs is 1. The van der Waals surface area contributed by atoms with Gasteiger partial charge in [0.25, 0.3) is 5.91 Å². The van der Waals surface area contributed by atoms with E-state index < -0.39 is 29.6 Å². The van der Waals surface area contributed by atoms with Gasteiger partial charge in [0.2, 0.25) is 0 Å². The van der Waals surface area contributed by atoms with Crippen molar-refractivity contribution in [1.29, 1.82) is 0 Å². The molecule has 2 aliphatic rings. The highest BCUT2D eigenvalue weighted by molar-refractivity contribution is 6.07. The number of anilines is 3. The first-order valence-electron chi connectivity index (χ1n) is 12.0. The van der Waals surface area contributed by atoms with E-state index in [9.17, 15) is 27.2 Å². The van der Waals surface area contributed by atoms with Crippen LogP contribution in [0, 0.1) is 0 Å². The molecule has 16 heteroatoms. The number of alkyl halides is 4. The molecule has 3 aromatic rings. The molecule has 0 radical (unpaired) electrons. The molecule has 0 bridgehead atoms. The number of amides is 3. The molecule has 0 unspecified atom stereocenters. The molecular formula is C24H23F4N7O5. The van der Waals surface area contributed by atoms with Crippen LogP contribution in [0.5, 0.6) is 5.75 Å². The lowest BCUT2D eigenvalue weighted by Crippen LogP contribution is -2.43. The molecule has 0 aliphatic carbocycles. The van der Waals surface area contributed by atoms with Gasteiger partial charge in [-0.15, -0.1) is 8.78 Å². The molecule has 4 heterocycles. The van der Waals surface area contributed by atoms with Crippen molar-refractivity contribution in [3.8, 4) is 5.75 Å². The lowest BCUT2D eigenvalue weighted by molar-refractivity contribution is -0.461. The number of hydrogen-bond acceptors (Lipinski definition) is 8. The fraction of sp³-hybridized carbons (Fsp3) is 0.333. The van der Waals surface area contributed by atoms with Crippen molar-refractivity contribution in [1.82, 2.24) is 19.7 Å². The number of nitrogens with zero attached hydrogens (tertiary/aromatic N) is 4. The minimum atomic E-state index is -4.50. The average Bonchev–Trinajstić information content (AvgIpc) is 3.28. The SMILES string of the molecule is Cn1ncc(C(=O)Nc2ccc3c(c2)C(F)(F)OC(F)(F)O3)c1NCc1ccnc(NC(=O)N2CCOCC2)c1. The zero-order valence-electron chi connectivity index (χ0n) is 20.9. The molecule has 1 saturated heterocycles. The highest BCUT2D eigenvalue weighted by Gasteiger charge is 2.54. The predicted octanol–water partition coefficient (Wildman–Crippen LogP) is 3.55. The van der Waals surface area contributed by atoms with Crippen molar-refractivity contribution in [2.45, 2.75) is 18.9 Å². The van der Waals surface area contributed by atoms with E-state index in [0.29, 0.717) is 37.9 Å². The number of rotatable bonds is 6. The molecule has 2 aliphatic heterocycles. The van der Waals surface area contributed by atoms with E-state index in [0.717, 1.165) is 23.8 Å². The Bertz CT molecular complexity index is 1430. The van der Waals surface area contributed by atoms with Crippen LogP contribution >= 0.6 is 0 Å². The normalized spacial score (nSPS) is 17.4. The Balaban J connectivity index is 1.25. The number of halogens is 4. The van der Waals surface area contributed by atoms with E-state index in [4.69, 9.17) is 4.74 Å². The number of ether oxygens (including phenoxy) is 3. The Morgan fingerprint density at radius 1 is 1.07 bits per heavy atom. The average molecular weight is 565 g/mol. The van der Waals surface area contributed by atoms with E-state index in [2.05, 4.69) is 35.5 Å². The van der Waals surface area contributed by atoms with Crippen molar-refractivity contribution >= 4 is 29.3 Å². The Morgan fingerprint density at radius 2 is 1.85 bits per heavy atom. The quantitative estimate of drug-likeness (QED) is 0.387. The van der Waals surface area contributed by atoms with Crippen LogP contribution in [-0.2, 0) is 29.2 Å². The summed E-state index contributed by atoms with van der Waals surface area (Å²) in [6.07, 6.45) is -6.04. The molecule has 212 valence electrons. The second kappa shape index (κ2) is 10.6. The number of morpholine rings is 1. The minimum absolute atomic E-state index is 0.0842. The van der Waals surface area contributed by atoms with Crippen LogP contribution in [0.1, 0.15) is 21.5 Å². The molecule has 2 aromatic heterocycles. The fourth-order valence-electron chi connectivity index (χ4n) is 4.08. The summed E-state index contributed by atoms with van der Waals surface area (Å²) in [6, 6.07) is 5.91. The Hall–Kier alpha value is -4.44. The third-order valence-corrected chi connectivity index (χ3v) is 6.03. The largest absolute Gasteiger partial charge is 0.540 e. The first kappa shape index (κ1) is 27.1. The second-order valence-corrected chi connectivity index (χ2v) is 8.81. The summed E-state index contributed by atoms with van der Waals surface area (Å²) in [6.45, 7) is 2.10. The number of carbonyl (C=O) groups is 2. The number of nitrogens with one attached hydrogen (secondary N) is 3. The molecule has 12 nitrogen and oxygen atoms in total. The summed E-state index contributed by atoms with van der Waals surface area (Å²) in [5.41, 5.74) is -0.255. The summed E-state index contributed by atoms with van der Waals surface area (Å²) >= 11 is 0. The summed E-state index contributed by atoms with van der Waals surface area (Å²) < 4.78 is 69.0. The minimum Gasteiger partial charge on any atom is -0.409 e. The van der Waals surface area contributed by atoms with Crippen LogP contribution in [0.3, 0.4) is 0 Å². The highest BCUT2D eigenvalue weighted by Crippen LogP contribution is 2.46. The van der Waals surface area contributed by atoms with Crippen molar-refractivity contribution in [2.75, 3.05) is 42.3 Å². The highest BCUT2D eigenvalue weighted by atomic mass is 19.3. The van der Waals surface area contributed by atoms with Gasteiger partial charge in [0.1, 0.15) is 22.9 Å². The van der Waals surface area contributed by atoms with E-state index in [1.165, 1.54) is 17.1 Å². The molecule has 0 spiro atoms. The van der Waals surface area contributed by atoms with Crippen LogP contribution in [0.4, 0.5) is 39.7 Å². The molecule has 3 N–H and O–H groups in total. The summed E-state index contributed by atoms with van der Waals surface area (Å²) in [7, 11) is 1.59. The van der Waals surface area contributed by atoms with Crippen molar-refractivity contribution in [3.05, 3.63) is 59.4 Å². The number of aromatic nitrogens is 3. The molecule has 1 fully saturated rings. The lowest BCUT2D eigenvalue weighted by atomic mass is 10.1. The van der Waals surface area contributed by atoms with Gasteiger partial charge in [0.15, 0.2) is 0 Å². The van der Waals surface area contributed by atoms with E-state index in [1.54, 1.807) is 24.1 Å². The summed E-state index contributed by atoms with van der Waals surface area (Å²) in [4.78, 5) is 31.2. The number of carbonyl (C=O) groups excluding carboxylic acids is 2. The second-order valence-electron chi connectivity index (χ2n) is 8.81. The van der Waals surface area contributed by atoms with Crippen LogP contribution in [0.25, 0.3) is 0 Å².